The van der Waals surface area contributed by atoms with Gasteiger partial charge in [-0.25, -0.2) is 4.39 Å². The van der Waals surface area contributed by atoms with Crippen molar-refractivity contribution in [2.45, 2.75) is 6.92 Å². The molecular weight excluding hydrogens is 339 g/mol. The summed E-state index contributed by atoms with van der Waals surface area (Å²) in [7, 11) is 0. The molecule has 0 unspecified atom stereocenters. The third kappa shape index (κ3) is 3.46. The molecule has 21 heavy (non-hydrogen) atoms. The van der Waals surface area contributed by atoms with Crippen molar-refractivity contribution in [3.05, 3.63) is 63.9 Å². The van der Waals surface area contributed by atoms with E-state index in [4.69, 9.17) is 5.21 Å². The summed E-state index contributed by atoms with van der Waals surface area (Å²) >= 11 is 3.04. The average Bonchev–Trinajstić information content (AvgIpc) is 2.50. The Hall–Kier alpha value is -2.21. The minimum atomic E-state index is -0.602. The zero-order valence-corrected chi connectivity index (χ0v) is 12.7. The number of nitrogens with zero attached hydrogens (tertiary/aromatic N) is 1. The van der Waals surface area contributed by atoms with E-state index in [0.717, 1.165) is 5.56 Å². The maximum atomic E-state index is 13.8. The second kappa shape index (κ2) is 6.49. The van der Waals surface area contributed by atoms with Gasteiger partial charge in [0, 0.05) is 5.69 Å². The Kier molecular flexibility index (Phi) is 4.70. The summed E-state index contributed by atoms with van der Waals surface area (Å²) in [6.07, 6.45) is 0. The zero-order valence-electron chi connectivity index (χ0n) is 11.1. The van der Waals surface area contributed by atoms with Crippen LogP contribution in [0.3, 0.4) is 0 Å². The molecule has 2 aromatic rings. The number of amides is 1. The first-order valence-corrected chi connectivity index (χ1v) is 6.86. The van der Waals surface area contributed by atoms with Crippen molar-refractivity contribution in [1.82, 2.24) is 0 Å². The van der Waals surface area contributed by atoms with E-state index in [2.05, 4.69) is 26.4 Å². The maximum absolute atomic E-state index is 13.8. The van der Waals surface area contributed by atoms with Crippen molar-refractivity contribution in [3.8, 4) is 0 Å². The van der Waals surface area contributed by atoms with E-state index in [1.165, 1.54) is 12.1 Å². The van der Waals surface area contributed by atoms with Crippen molar-refractivity contribution in [3.63, 3.8) is 0 Å². The Morgan fingerprint density at radius 1 is 1.24 bits per heavy atom. The number of hydrogen-bond acceptors (Lipinski definition) is 3. The smallest absolute Gasteiger partial charge is 0.258 e. The number of hydrogen-bond donors (Lipinski definition) is 2. The largest absolute Gasteiger partial charge is 0.411 e. The summed E-state index contributed by atoms with van der Waals surface area (Å²) in [4.78, 5) is 12.0. The fraction of sp³-hybridized carbons (Fsp3) is 0.0667. The summed E-state index contributed by atoms with van der Waals surface area (Å²) in [5.74, 6) is -1.14. The highest BCUT2D eigenvalue weighted by atomic mass is 79.9. The number of anilines is 1. The molecule has 0 fully saturated rings. The topological polar surface area (TPSA) is 61.7 Å². The molecule has 0 bridgehead atoms. The number of oxime groups is 1. The lowest BCUT2D eigenvalue weighted by atomic mass is 10.1. The summed E-state index contributed by atoms with van der Waals surface area (Å²) in [6, 6.07) is 11.2. The molecule has 0 saturated heterocycles. The average molecular weight is 351 g/mol. The normalized spacial score (nSPS) is 11.3. The number of nitrogens with one attached hydrogen (secondary N) is 1. The summed E-state index contributed by atoms with van der Waals surface area (Å²) in [5, 5.41) is 14.4. The molecule has 108 valence electrons. The van der Waals surface area contributed by atoms with Crippen molar-refractivity contribution in [1.29, 1.82) is 0 Å². The molecule has 0 saturated carbocycles. The van der Waals surface area contributed by atoms with E-state index < -0.39 is 11.7 Å². The monoisotopic (exact) mass is 350 g/mol. The number of rotatable bonds is 3. The van der Waals surface area contributed by atoms with Crippen LogP contribution in [0.15, 0.2) is 52.1 Å². The lowest BCUT2D eigenvalue weighted by molar-refractivity contribution is 0.102. The van der Waals surface area contributed by atoms with E-state index >= 15 is 0 Å². The van der Waals surface area contributed by atoms with Gasteiger partial charge in [0.25, 0.3) is 5.91 Å². The molecule has 0 aliphatic heterocycles. The Morgan fingerprint density at radius 3 is 2.52 bits per heavy atom. The third-order valence-electron chi connectivity index (χ3n) is 2.91. The van der Waals surface area contributed by atoms with Crippen LogP contribution in [0.2, 0.25) is 0 Å². The van der Waals surface area contributed by atoms with Gasteiger partial charge in [-0.1, -0.05) is 23.4 Å². The minimum absolute atomic E-state index is 0.0402. The van der Waals surface area contributed by atoms with Crippen molar-refractivity contribution in [2.75, 3.05) is 5.32 Å². The third-order valence-corrected chi connectivity index (χ3v) is 3.52. The lowest BCUT2D eigenvalue weighted by Gasteiger charge is -2.07. The number of halogens is 2. The Labute approximate surface area is 129 Å². The highest BCUT2D eigenvalue weighted by molar-refractivity contribution is 9.10. The summed E-state index contributed by atoms with van der Waals surface area (Å²) in [6.45, 7) is 1.66. The Morgan fingerprint density at radius 2 is 1.90 bits per heavy atom. The first-order valence-electron chi connectivity index (χ1n) is 6.07. The van der Waals surface area contributed by atoms with E-state index in [-0.39, 0.29) is 10.0 Å². The molecule has 2 rings (SSSR count). The Balaban J connectivity index is 2.18. The number of carbonyl (C=O) groups is 1. The van der Waals surface area contributed by atoms with Gasteiger partial charge in [0.2, 0.25) is 0 Å². The summed E-state index contributed by atoms with van der Waals surface area (Å²) in [5.41, 5.74) is 1.67. The molecular formula is C15H12BrFN2O2. The van der Waals surface area contributed by atoms with Crippen LogP contribution in [0.5, 0.6) is 0 Å². The second-order valence-corrected chi connectivity index (χ2v) is 5.17. The van der Waals surface area contributed by atoms with Crippen LogP contribution in [0, 0.1) is 5.82 Å². The quantitative estimate of drug-likeness (QED) is 0.498. The highest BCUT2D eigenvalue weighted by Gasteiger charge is 2.14. The maximum Gasteiger partial charge on any atom is 0.258 e. The fourth-order valence-corrected chi connectivity index (χ4v) is 2.10. The first-order chi connectivity index (χ1) is 10.0. The van der Waals surface area contributed by atoms with Gasteiger partial charge in [0.15, 0.2) is 0 Å². The van der Waals surface area contributed by atoms with Crippen LogP contribution in [0.25, 0.3) is 0 Å². The molecule has 4 nitrogen and oxygen atoms in total. The standard InChI is InChI=1S/C15H12BrFN2O2/c1-9(19-21)10-5-7-11(8-6-10)18-15(20)12-3-2-4-13(16)14(12)17/h2-8,21H,1H3,(H,18,20)/b19-9-. The molecule has 0 aliphatic carbocycles. The molecule has 0 aliphatic rings. The van der Waals surface area contributed by atoms with Gasteiger partial charge >= 0.3 is 0 Å². The van der Waals surface area contributed by atoms with Crippen molar-refractivity contribution < 1.29 is 14.4 Å². The predicted octanol–water partition coefficient (Wildman–Crippen LogP) is 4.04. The second-order valence-electron chi connectivity index (χ2n) is 4.32. The van der Waals surface area contributed by atoms with Gasteiger partial charge in [-0.2, -0.15) is 0 Å². The molecule has 0 atom stereocenters. The van der Waals surface area contributed by atoms with Crippen LogP contribution in [0.1, 0.15) is 22.8 Å². The van der Waals surface area contributed by atoms with Crippen molar-refractivity contribution >= 4 is 33.2 Å². The van der Waals surface area contributed by atoms with Crippen LogP contribution < -0.4 is 5.32 Å². The van der Waals surface area contributed by atoms with E-state index in [1.54, 1.807) is 37.3 Å². The van der Waals surface area contributed by atoms with E-state index in [9.17, 15) is 9.18 Å². The van der Waals surface area contributed by atoms with Gasteiger partial charge in [-0.15, -0.1) is 0 Å². The zero-order chi connectivity index (χ0) is 15.4. The molecule has 0 aromatic heterocycles. The van der Waals surface area contributed by atoms with Gasteiger partial charge < -0.3 is 10.5 Å². The lowest BCUT2D eigenvalue weighted by Crippen LogP contribution is -2.14. The molecule has 2 aromatic carbocycles. The molecule has 1 amide bonds. The van der Waals surface area contributed by atoms with E-state index in [1.807, 2.05) is 0 Å². The van der Waals surface area contributed by atoms with Crippen LogP contribution in [-0.4, -0.2) is 16.8 Å². The Bertz CT molecular complexity index is 699. The number of benzene rings is 2. The molecule has 6 heteroatoms. The molecule has 2 N–H and O–H groups in total. The molecule has 0 radical (unpaired) electrons. The van der Waals surface area contributed by atoms with Crippen LogP contribution in [0.4, 0.5) is 10.1 Å². The predicted molar refractivity (Wildman–Crippen MR) is 82.5 cm³/mol. The van der Waals surface area contributed by atoms with Crippen LogP contribution >= 0.6 is 15.9 Å². The highest BCUT2D eigenvalue weighted by Crippen LogP contribution is 2.20. The molecule has 0 spiro atoms. The first kappa shape index (κ1) is 15.2. The minimum Gasteiger partial charge on any atom is -0.411 e. The van der Waals surface area contributed by atoms with E-state index in [0.29, 0.717) is 11.4 Å². The summed E-state index contributed by atoms with van der Waals surface area (Å²) < 4.78 is 14.1. The van der Waals surface area contributed by atoms with Gasteiger partial charge in [0.05, 0.1) is 15.7 Å². The van der Waals surface area contributed by atoms with Crippen LogP contribution in [-0.2, 0) is 0 Å². The van der Waals surface area contributed by atoms with Gasteiger partial charge in [-0.05, 0) is 52.7 Å². The fourth-order valence-electron chi connectivity index (χ4n) is 1.73. The SMILES string of the molecule is C/C(=N/O)c1ccc(NC(=O)c2cccc(Br)c2F)cc1. The number of carbonyl (C=O) groups excluding carboxylic acids is 1. The van der Waals surface area contributed by atoms with Gasteiger partial charge in [0.1, 0.15) is 5.82 Å². The van der Waals surface area contributed by atoms with Gasteiger partial charge in [-0.3, -0.25) is 4.79 Å². The molecule has 0 heterocycles. The van der Waals surface area contributed by atoms with Crippen molar-refractivity contribution in [2.24, 2.45) is 5.16 Å².